The molecule has 2 rings (SSSR count). The van der Waals surface area contributed by atoms with E-state index in [9.17, 15) is 14.9 Å². The van der Waals surface area contributed by atoms with E-state index in [-0.39, 0.29) is 18.0 Å². The van der Waals surface area contributed by atoms with Crippen molar-refractivity contribution in [1.29, 1.82) is 0 Å². The molecule has 8 nitrogen and oxygen atoms in total. The first-order valence-electron chi connectivity index (χ1n) is 8.21. The van der Waals surface area contributed by atoms with Gasteiger partial charge in [-0.2, -0.15) is 0 Å². The Morgan fingerprint density at radius 3 is 2.75 bits per heavy atom. The minimum atomic E-state index is -0.436. The molecule has 1 amide bonds. The number of amides is 1. The summed E-state index contributed by atoms with van der Waals surface area (Å²) < 4.78 is 5.29. The van der Waals surface area contributed by atoms with Gasteiger partial charge in [0.15, 0.2) is 0 Å². The normalized spacial score (nSPS) is 15.0. The number of carbonyl (C=O) groups is 1. The summed E-state index contributed by atoms with van der Waals surface area (Å²) in [6, 6.07) is 6.41. The number of ether oxygens (including phenoxy) is 1. The third-order valence-electron chi connectivity index (χ3n) is 3.85. The molecule has 1 aliphatic rings. The van der Waals surface area contributed by atoms with Crippen molar-refractivity contribution in [2.24, 2.45) is 0 Å². The predicted molar refractivity (Wildman–Crippen MR) is 91.1 cm³/mol. The van der Waals surface area contributed by atoms with Gasteiger partial charge in [0.1, 0.15) is 5.69 Å². The number of nitrogens with one attached hydrogen (secondary N) is 2. The molecule has 1 saturated heterocycles. The smallest absolute Gasteiger partial charge is 0.292 e. The molecule has 1 heterocycles. The summed E-state index contributed by atoms with van der Waals surface area (Å²) in [6.45, 7) is 5.43. The molecule has 0 bridgehead atoms. The second kappa shape index (κ2) is 9.84. The molecule has 8 heteroatoms. The van der Waals surface area contributed by atoms with Gasteiger partial charge in [0, 0.05) is 38.7 Å². The standard InChI is InChI=1S/C16H24N4O4/c21-16(18-7-3-9-19-10-12-24-13-11-19)6-8-17-14-4-1-2-5-15(14)20(22)23/h1-2,4-5,17H,3,6-13H2,(H,18,21). The molecule has 0 saturated carbocycles. The second-order valence-electron chi connectivity index (χ2n) is 5.61. The van der Waals surface area contributed by atoms with E-state index in [1.165, 1.54) is 6.07 Å². The summed E-state index contributed by atoms with van der Waals surface area (Å²) in [6.07, 6.45) is 1.19. The van der Waals surface area contributed by atoms with E-state index in [1.54, 1.807) is 18.2 Å². The molecule has 0 unspecified atom stereocenters. The van der Waals surface area contributed by atoms with E-state index < -0.39 is 4.92 Å². The molecule has 0 atom stereocenters. The molecule has 1 aromatic carbocycles. The Labute approximate surface area is 141 Å². The number of benzene rings is 1. The zero-order valence-electron chi connectivity index (χ0n) is 13.7. The van der Waals surface area contributed by atoms with Crippen LogP contribution in [0.25, 0.3) is 0 Å². The monoisotopic (exact) mass is 336 g/mol. The fraction of sp³-hybridized carbons (Fsp3) is 0.562. The van der Waals surface area contributed by atoms with Crippen LogP contribution in [0.4, 0.5) is 11.4 Å². The number of carbonyl (C=O) groups excluding carboxylic acids is 1. The molecule has 2 N–H and O–H groups in total. The maximum atomic E-state index is 11.8. The van der Waals surface area contributed by atoms with Gasteiger partial charge in [-0.05, 0) is 19.0 Å². The molecule has 0 spiro atoms. The number of para-hydroxylation sites is 2. The maximum Gasteiger partial charge on any atom is 0.292 e. The minimum Gasteiger partial charge on any atom is -0.379 e. The van der Waals surface area contributed by atoms with E-state index in [0.717, 1.165) is 39.3 Å². The quantitative estimate of drug-likeness (QED) is 0.400. The molecule has 0 aromatic heterocycles. The average molecular weight is 336 g/mol. The molecule has 132 valence electrons. The molecule has 1 aromatic rings. The number of hydrogen-bond donors (Lipinski definition) is 2. The van der Waals surface area contributed by atoms with Gasteiger partial charge < -0.3 is 15.4 Å². The molecular formula is C16H24N4O4. The molecule has 0 radical (unpaired) electrons. The zero-order valence-corrected chi connectivity index (χ0v) is 13.7. The summed E-state index contributed by atoms with van der Waals surface area (Å²) in [5.41, 5.74) is 0.450. The van der Waals surface area contributed by atoms with Crippen LogP contribution in [-0.4, -0.2) is 61.7 Å². The molecule has 1 aliphatic heterocycles. The first-order chi connectivity index (χ1) is 11.7. The molecule has 1 fully saturated rings. The van der Waals surface area contributed by atoms with E-state index >= 15 is 0 Å². The van der Waals surface area contributed by atoms with Gasteiger partial charge in [0.25, 0.3) is 5.69 Å². The van der Waals surface area contributed by atoms with Crippen molar-refractivity contribution in [2.45, 2.75) is 12.8 Å². The van der Waals surface area contributed by atoms with Crippen LogP contribution in [0.5, 0.6) is 0 Å². The lowest BCUT2D eigenvalue weighted by Gasteiger charge is -2.26. The van der Waals surface area contributed by atoms with Crippen LogP contribution >= 0.6 is 0 Å². The molecule has 24 heavy (non-hydrogen) atoms. The summed E-state index contributed by atoms with van der Waals surface area (Å²) in [7, 11) is 0. The summed E-state index contributed by atoms with van der Waals surface area (Å²) in [5, 5.41) is 16.7. The minimum absolute atomic E-state index is 0.0171. The average Bonchev–Trinajstić information content (AvgIpc) is 2.60. The van der Waals surface area contributed by atoms with Crippen LogP contribution < -0.4 is 10.6 Å². The van der Waals surface area contributed by atoms with Crippen LogP contribution in [-0.2, 0) is 9.53 Å². The Morgan fingerprint density at radius 1 is 1.25 bits per heavy atom. The van der Waals surface area contributed by atoms with Crippen molar-refractivity contribution >= 4 is 17.3 Å². The number of rotatable bonds is 9. The van der Waals surface area contributed by atoms with E-state index in [0.29, 0.717) is 18.8 Å². The highest BCUT2D eigenvalue weighted by Crippen LogP contribution is 2.22. The number of morpholine rings is 1. The van der Waals surface area contributed by atoms with Gasteiger partial charge in [-0.1, -0.05) is 12.1 Å². The van der Waals surface area contributed by atoms with Gasteiger partial charge in [0.2, 0.25) is 5.91 Å². The number of hydrogen-bond acceptors (Lipinski definition) is 6. The van der Waals surface area contributed by atoms with Gasteiger partial charge in [0.05, 0.1) is 18.1 Å². The SMILES string of the molecule is O=C(CCNc1ccccc1[N+](=O)[O-])NCCCN1CCOCC1. The van der Waals surface area contributed by atoms with Crippen molar-refractivity contribution in [1.82, 2.24) is 10.2 Å². The Morgan fingerprint density at radius 2 is 2.00 bits per heavy atom. The van der Waals surface area contributed by atoms with Gasteiger partial charge >= 0.3 is 0 Å². The van der Waals surface area contributed by atoms with E-state index in [4.69, 9.17) is 4.74 Å². The van der Waals surface area contributed by atoms with E-state index in [2.05, 4.69) is 15.5 Å². The van der Waals surface area contributed by atoms with Crippen LogP contribution in [0.1, 0.15) is 12.8 Å². The highest BCUT2D eigenvalue weighted by molar-refractivity contribution is 5.76. The zero-order chi connectivity index (χ0) is 17.2. The lowest BCUT2D eigenvalue weighted by molar-refractivity contribution is -0.384. The number of nitro groups is 1. The van der Waals surface area contributed by atoms with Crippen LogP contribution in [0, 0.1) is 10.1 Å². The summed E-state index contributed by atoms with van der Waals surface area (Å²) >= 11 is 0. The summed E-state index contributed by atoms with van der Waals surface area (Å²) in [5.74, 6) is -0.0527. The number of anilines is 1. The largest absolute Gasteiger partial charge is 0.379 e. The topological polar surface area (TPSA) is 96.7 Å². The highest BCUT2D eigenvalue weighted by Gasteiger charge is 2.12. The van der Waals surface area contributed by atoms with Crippen molar-refractivity contribution < 1.29 is 14.5 Å². The van der Waals surface area contributed by atoms with Crippen molar-refractivity contribution in [3.63, 3.8) is 0 Å². The third-order valence-corrected chi connectivity index (χ3v) is 3.85. The second-order valence-corrected chi connectivity index (χ2v) is 5.61. The van der Waals surface area contributed by atoms with Crippen molar-refractivity contribution in [3.8, 4) is 0 Å². The third kappa shape index (κ3) is 6.13. The molecular weight excluding hydrogens is 312 g/mol. The lowest BCUT2D eigenvalue weighted by Crippen LogP contribution is -2.38. The number of nitro benzene ring substituents is 1. The first-order valence-corrected chi connectivity index (χ1v) is 8.21. The maximum absolute atomic E-state index is 11.8. The molecule has 0 aliphatic carbocycles. The first kappa shape index (κ1) is 18.2. The van der Waals surface area contributed by atoms with Crippen molar-refractivity contribution in [2.75, 3.05) is 51.3 Å². The highest BCUT2D eigenvalue weighted by atomic mass is 16.6. The van der Waals surface area contributed by atoms with Crippen LogP contribution in [0.2, 0.25) is 0 Å². The van der Waals surface area contributed by atoms with Gasteiger partial charge in [-0.25, -0.2) is 0 Å². The Balaban J connectivity index is 1.59. The Bertz CT molecular complexity index is 547. The van der Waals surface area contributed by atoms with Crippen molar-refractivity contribution in [3.05, 3.63) is 34.4 Å². The van der Waals surface area contributed by atoms with Gasteiger partial charge in [-0.3, -0.25) is 19.8 Å². The lowest BCUT2D eigenvalue weighted by atomic mass is 10.2. The predicted octanol–water partition coefficient (Wildman–Crippen LogP) is 1.24. The fourth-order valence-electron chi connectivity index (χ4n) is 2.54. The Kier molecular flexibility index (Phi) is 7.44. The summed E-state index contributed by atoms with van der Waals surface area (Å²) in [4.78, 5) is 24.6. The number of nitrogens with zero attached hydrogens (tertiary/aromatic N) is 2. The van der Waals surface area contributed by atoms with Gasteiger partial charge in [-0.15, -0.1) is 0 Å². The van der Waals surface area contributed by atoms with E-state index in [1.807, 2.05) is 0 Å². The van der Waals surface area contributed by atoms with Crippen LogP contribution in [0.15, 0.2) is 24.3 Å². The fourth-order valence-corrected chi connectivity index (χ4v) is 2.54. The van der Waals surface area contributed by atoms with Crippen LogP contribution in [0.3, 0.4) is 0 Å². The Hall–Kier alpha value is -2.19.